The summed E-state index contributed by atoms with van der Waals surface area (Å²) in [5, 5.41) is 17.7. The number of aliphatic hydroxyl groups is 2. The molecule has 19 heavy (non-hydrogen) atoms. The van der Waals surface area contributed by atoms with Gasteiger partial charge < -0.3 is 10.2 Å². The van der Waals surface area contributed by atoms with Gasteiger partial charge in [-0.15, -0.1) is 0 Å². The number of benzene rings is 1. The zero-order valence-electron chi connectivity index (χ0n) is 10.5. The van der Waals surface area contributed by atoms with Crippen LogP contribution in [0.1, 0.15) is 0 Å². The molecule has 0 radical (unpaired) electrons. The van der Waals surface area contributed by atoms with Gasteiger partial charge in [0.1, 0.15) is 0 Å². The Morgan fingerprint density at radius 2 is 1.53 bits per heavy atom. The summed E-state index contributed by atoms with van der Waals surface area (Å²) in [6.45, 7) is 0.892. The molecule has 0 saturated carbocycles. The second-order valence-electron chi connectivity index (χ2n) is 4.06. The van der Waals surface area contributed by atoms with Gasteiger partial charge in [0.05, 0.1) is 23.9 Å². The third-order valence-electron chi connectivity index (χ3n) is 2.68. The van der Waals surface area contributed by atoms with Crippen molar-refractivity contribution in [3.8, 4) is 0 Å². The van der Waals surface area contributed by atoms with Crippen LogP contribution < -0.4 is 0 Å². The molecule has 1 aromatic carbocycles. The zero-order valence-corrected chi connectivity index (χ0v) is 12.9. The monoisotopic (exact) mass is 351 g/mol. The number of hydrogen-bond donors (Lipinski definition) is 2. The van der Waals surface area contributed by atoms with Crippen LogP contribution in [0.4, 0.5) is 0 Å². The quantitative estimate of drug-likeness (QED) is 0.713. The summed E-state index contributed by atoms with van der Waals surface area (Å²) in [6, 6.07) is 6.49. The van der Waals surface area contributed by atoms with E-state index in [9.17, 15) is 8.42 Å². The molecule has 0 unspecified atom stereocenters. The summed E-state index contributed by atoms with van der Waals surface area (Å²) < 4.78 is 25.0. The van der Waals surface area contributed by atoms with Crippen molar-refractivity contribution in [3.63, 3.8) is 0 Å². The average molecular weight is 352 g/mol. The molecule has 1 aromatic rings. The fourth-order valence-corrected chi connectivity index (χ4v) is 3.18. The minimum Gasteiger partial charge on any atom is -0.395 e. The Morgan fingerprint density at radius 1 is 1.00 bits per heavy atom. The summed E-state index contributed by atoms with van der Waals surface area (Å²) in [5.74, 6) is -0.0331. The highest BCUT2D eigenvalue weighted by atomic mass is 79.9. The van der Waals surface area contributed by atoms with Crippen LogP contribution >= 0.6 is 15.9 Å². The Balaban J connectivity index is 2.66. The summed E-state index contributed by atoms with van der Waals surface area (Å²) in [5.41, 5.74) is 0. The summed E-state index contributed by atoms with van der Waals surface area (Å²) in [4.78, 5) is 2.00. The predicted octanol–water partition coefficient (Wildman–Crippen LogP) is 0.509. The van der Waals surface area contributed by atoms with E-state index in [1.807, 2.05) is 0 Å². The van der Waals surface area contributed by atoms with E-state index in [2.05, 4.69) is 15.9 Å². The lowest BCUT2D eigenvalue weighted by atomic mass is 10.4. The molecule has 1 rings (SSSR count). The van der Waals surface area contributed by atoms with Crippen molar-refractivity contribution >= 4 is 25.8 Å². The van der Waals surface area contributed by atoms with Crippen LogP contribution in [0.15, 0.2) is 33.6 Å². The zero-order chi connectivity index (χ0) is 14.3. The van der Waals surface area contributed by atoms with E-state index in [4.69, 9.17) is 10.2 Å². The van der Waals surface area contributed by atoms with Gasteiger partial charge in [0.2, 0.25) is 0 Å². The Bertz CT molecular complexity index is 469. The van der Waals surface area contributed by atoms with E-state index in [0.717, 1.165) is 4.47 Å². The molecule has 0 bridgehead atoms. The molecule has 0 aliphatic heterocycles. The van der Waals surface area contributed by atoms with Crippen molar-refractivity contribution in [1.82, 2.24) is 4.90 Å². The van der Waals surface area contributed by atoms with Crippen molar-refractivity contribution in [2.75, 3.05) is 38.6 Å². The number of rotatable bonds is 8. The van der Waals surface area contributed by atoms with Crippen molar-refractivity contribution in [1.29, 1.82) is 0 Å². The van der Waals surface area contributed by atoms with E-state index < -0.39 is 9.84 Å². The highest BCUT2D eigenvalue weighted by molar-refractivity contribution is 9.10. The molecule has 0 aliphatic carbocycles. The van der Waals surface area contributed by atoms with Gasteiger partial charge in [-0.1, -0.05) is 15.9 Å². The van der Waals surface area contributed by atoms with Gasteiger partial charge in [-0.25, -0.2) is 8.42 Å². The minimum absolute atomic E-state index is 0.0331. The maximum atomic E-state index is 12.1. The molecule has 0 spiro atoms. The largest absolute Gasteiger partial charge is 0.395 e. The molecule has 108 valence electrons. The highest BCUT2D eigenvalue weighted by Gasteiger charge is 2.16. The van der Waals surface area contributed by atoms with Crippen LogP contribution in [0.5, 0.6) is 0 Å². The number of hydrogen-bond acceptors (Lipinski definition) is 5. The fraction of sp³-hybridized carbons (Fsp3) is 0.500. The van der Waals surface area contributed by atoms with Crippen LogP contribution in [0, 0.1) is 0 Å². The minimum atomic E-state index is -3.33. The van der Waals surface area contributed by atoms with E-state index in [1.54, 1.807) is 29.2 Å². The molecule has 0 saturated heterocycles. The first kappa shape index (κ1) is 16.6. The third kappa shape index (κ3) is 5.58. The molecule has 0 fully saturated rings. The van der Waals surface area contributed by atoms with Crippen LogP contribution in [0.2, 0.25) is 0 Å². The van der Waals surface area contributed by atoms with E-state index in [1.165, 1.54) is 0 Å². The van der Waals surface area contributed by atoms with Gasteiger partial charge in [-0.05, 0) is 24.3 Å². The summed E-state index contributed by atoms with van der Waals surface area (Å²) in [6.07, 6.45) is 0. The first-order valence-electron chi connectivity index (χ1n) is 5.92. The molecule has 0 amide bonds. The van der Waals surface area contributed by atoms with Crippen LogP contribution in [0.25, 0.3) is 0 Å². The van der Waals surface area contributed by atoms with Gasteiger partial charge in [0, 0.05) is 24.1 Å². The van der Waals surface area contributed by atoms with Gasteiger partial charge in [0.25, 0.3) is 0 Å². The number of halogens is 1. The average Bonchev–Trinajstić information content (AvgIpc) is 2.37. The number of nitrogens with zero attached hydrogens (tertiary/aromatic N) is 1. The van der Waals surface area contributed by atoms with Crippen LogP contribution in [-0.2, 0) is 9.84 Å². The lowest BCUT2D eigenvalue weighted by molar-refractivity contribution is 0.167. The maximum absolute atomic E-state index is 12.1. The molecular weight excluding hydrogens is 334 g/mol. The van der Waals surface area contributed by atoms with Gasteiger partial charge in [-0.2, -0.15) is 0 Å². The van der Waals surface area contributed by atoms with Crippen molar-refractivity contribution in [2.45, 2.75) is 4.90 Å². The highest BCUT2D eigenvalue weighted by Crippen LogP contribution is 2.16. The van der Waals surface area contributed by atoms with Crippen LogP contribution in [0.3, 0.4) is 0 Å². The Hall–Kier alpha value is -0.470. The van der Waals surface area contributed by atoms with E-state index >= 15 is 0 Å². The molecule has 5 nitrogen and oxygen atoms in total. The smallest absolute Gasteiger partial charge is 0.179 e. The Morgan fingerprint density at radius 3 is 2.00 bits per heavy atom. The lowest BCUT2D eigenvalue weighted by Crippen LogP contribution is -2.34. The molecule has 0 aromatic heterocycles. The number of aliphatic hydroxyl groups excluding tert-OH is 2. The van der Waals surface area contributed by atoms with Crippen LogP contribution in [-0.4, -0.2) is 62.1 Å². The number of sulfone groups is 1. The SMILES string of the molecule is O=S(=O)(CCN(CCO)CCO)c1ccc(Br)cc1. The second-order valence-corrected chi connectivity index (χ2v) is 7.09. The fourth-order valence-electron chi connectivity index (χ4n) is 1.63. The molecule has 7 heteroatoms. The van der Waals surface area contributed by atoms with Gasteiger partial charge >= 0.3 is 0 Å². The molecular formula is C12H18BrNO4S. The van der Waals surface area contributed by atoms with Gasteiger partial charge in [0.15, 0.2) is 9.84 Å². The lowest BCUT2D eigenvalue weighted by Gasteiger charge is -2.19. The third-order valence-corrected chi connectivity index (χ3v) is 4.92. The predicted molar refractivity (Wildman–Crippen MR) is 76.8 cm³/mol. The van der Waals surface area contributed by atoms with Crippen molar-refractivity contribution in [3.05, 3.63) is 28.7 Å². The maximum Gasteiger partial charge on any atom is 0.179 e. The first-order chi connectivity index (χ1) is 8.99. The first-order valence-corrected chi connectivity index (χ1v) is 8.36. The molecule has 0 heterocycles. The van der Waals surface area contributed by atoms with Crippen molar-refractivity contribution in [2.24, 2.45) is 0 Å². The summed E-state index contributed by atoms with van der Waals surface area (Å²) >= 11 is 3.26. The van der Waals surface area contributed by atoms with Gasteiger partial charge in [-0.3, -0.25) is 4.90 Å². The summed E-state index contributed by atoms with van der Waals surface area (Å²) in [7, 11) is -3.33. The molecule has 0 atom stereocenters. The standard InChI is InChI=1S/C12H18BrNO4S/c13-11-1-3-12(4-2-11)19(17,18)10-7-14(5-8-15)6-9-16/h1-4,15-16H,5-10H2. The molecule has 2 N–H and O–H groups in total. The normalized spacial score (nSPS) is 12.0. The van der Waals surface area contributed by atoms with E-state index in [-0.39, 0.29) is 23.9 Å². The molecule has 0 aliphatic rings. The Kier molecular flexibility index (Phi) is 6.95. The topological polar surface area (TPSA) is 77.8 Å². The van der Waals surface area contributed by atoms with E-state index in [0.29, 0.717) is 19.6 Å². The second kappa shape index (κ2) is 7.96. The van der Waals surface area contributed by atoms with Crippen molar-refractivity contribution < 1.29 is 18.6 Å². The Labute approximate surface area is 121 Å².